The minimum atomic E-state index is -4.16. The summed E-state index contributed by atoms with van der Waals surface area (Å²) < 4.78 is 41.2. The van der Waals surface area contributed by atoms with Crippen LogP contribution < -0.4 is 10.1 Å². The molecule has 0 bridgehead atoms. The van der Waals surface area contributed by atoms with Crippen LogP contribution in [0.1, 0.15) is 36.9 Å². The molecular formula is C14H18F3NO. The molecular weight excluding hydrogens is 255 g/mol. The van der Waals surface area contributed by atoms with E-state index in [0.29, 0.717) is 11.8 Å². The van der Waals surface area contributed by atoms with Gasteiger partial charge in [0.25, 0.3) is 0 Å². The van der Waals surface area contributed by atoms with Crippen LogP contribution in [-0.2, 0) is 6.42 Å². The predicted octanol–water partition coefficient (Wildman–Crippen LogP) is 3.61. The van der Waals surface area contributed by atoms with Crippen molar-refractivity contribution in [3.05, 3.63) is 29.3 Å². The van der Waals surface area contributed by atoms with Gasteiger partial charge in [0.15, 0.2) is 0 Å². The molecule has 19 heavy (non-hydrogen) atoms. The molecule has 1 aliphatic carbocycles. The normalized spacial score (nSPS) is 18.4. The lowest BCUT2D eigenvalue weighted by Gasteiger charge is -2.13. The Morgan fingerprint density at radius 2 is 2.16 bits per heavy atom. The van der Waals surface area contributed by atoms with Crippen molar-refractivity contribution in [1.82, 2.24) is 5.32 Å². The van der Waals surface area contributed by atoms with Gasteiger partial charge in [0.1, 0.15) is 5.75 Å². The Morgan fingerprint density at radius 3 is 2.84 bits per heavy atom. The van der Waals surface area contributed by atoms with Gasteiger partial charge in [0.05, 0.1) is 13.0 Å². The first-order valence-corrected chi connectivity index (χ1v) is 6.55. The molecule has 1 aromatic rings. The van der Waals surface area contributed by atoms with Crippen molar-refractivity contribution in [2.45, 2.75) is 38.4 Å². The third kappa shape index (κ3) is 3.86. The van der Waals surface area contributed by atoms with Crippen LogP contribution in [0.25, 0.3) is 0 Å². The van der Waals surface area contributed by atoms with E-state index in [0.717, 1.165) is 19.4 Å². The maximum atomic E-state index is 12.0. The molecule has 2 nitrogen and oxygen atoms in total. The number of halogens is 3. The van der Waals surface area contributed by atoms with Gasteiger partial charge in [-0.2, -0.15) is 13.2 Å². The second-order valence-corrected chi connectivity index (χ2v) is 4.72. The van der Waals surface area contributed by atoms with Gasteiger partial charge < -0.3 is 10.1 Å². The van der Waals surface area contributed by atoms with Crippen molar-refractivity contribution >= 4 is 0 Å². The van der Waals surface area contributed by atoms with Gasteiger partial charge in [-0.05, 0) is 42.6 Å². The molecule has 0 spiro atoms. The van der Waals surface area contributed by atoms with Crippen molar-refractivity contribution in [1.29, 1.82) is 0 Å². The maximum absolute atomic E-state index is 12.0. The summed E-state index contributed by atoms with van der Waals surface area (Å²) in [6, 6.07) is 5.94. The molecule has 0 amide bonds. The van der Waals surface area contributed by atoms with Gasteiger partial charge in [-0.3, -0.25) is 0 Å². The molecule has 1 aliphatic rings. The summed E-state index contributed by atoms with van der Waals surface area (Å²) in [6.07, 6.45) is -3.09. The van der Waals surface area contributed by atoms with E-state index in [4.69, 9.17) is 4.74 Å². The van der Waals surface area contributed by atoms with E-state index in [9.17, 15) is 13.2 Å². The Bertz CT molecular complexity index is 431. The van der Waals surface area contributed by atoms with Crippen molar-refractivity contribution in [3.63, 3.8) is 0 Å². The molecule has 0 radical (unpaired) electrons. The molecule has 0 aromatic heterocycles. The molecule has 5 heteroatoms. The standard InChI is InChI=1S/C14H18F3NO/c1-2-18-13-6-3-10-9-11(4-5-12(10)13)19-8-7-14(15,16)17/h4-5,9,13,18H,2-3,6-8H2,1H3. The van der Waals surface area contributed by atoms with Crippen LogP contribution >= 0.6 is 0 Å². The first kappa shape index (κ1) is 14.2. The van der Waals surface area contributed by atoms with E-state index < -0.39 is 12.6 Å². The molecule has 2 rings (SSSR count). The fourth-order valence-electron chi connectivity index (χ4n) is 2.43. The summed E-state index contributed by atoms with van der Waals surface area (Å²) in [5, 5.41) is 3.39. The second kappa shape index (κ2) is 5.82. The molecule has 1 N–H and O–H groups in total. The van der Waals surface area contributed by atoms with Gasteiger partial charge in [-0.1, -0.05) is 13.0 Å². The Morgan fingerprint density at radius 1 is 1.37 bits per heavy atom. The average Bonchev–Trinajstić information content (AvgIpc) is 2.71. The minimum Gasteiger partial charge on any atom is -0.493 e. The van der Waals surface area contributed by atoms with Crippen LogP contribution in [0.2, 0.25) is 0 Å². The molecule has 0 saturated carbocycles. The number of benzene rings is 1. The number of hydrogen-bond donors (Lipinski definition) is 1. The van der Waals surface area contributed by atoms with Crippen LogP contribution in [0.4, 0.5) is 13.2 Å². The number of aryl methyl sites for hydroxylation is 1. The summed E-state index contributed by atoms with van der Waals surface area (Å²) in [6.45, 7) is 2.65. The van der Waals surface area contributed by atoms with Crippen molar-refractivity contribution in [2.24, 2.45) is 0 Å². The first-order chi connectivity index (χ1) is 8.99. The topological polar surface area (TPSA) is 21.3 Å². The Balaban J connectivity index is 1.95. The fraction of sp³-hybridized carbons (Fsp3) is 0.571. The largest absolute Gasteiger partial charge is 0.493 e. The highest BCUT2D eigenvalue weighted by Crippen LogP contribution is 2.33. The van der Waals surface area contributed by atoms with E-state index in [2.05, 4.69) is 12.2 Å². The van der Waals surface area contributed by atoms with Gasteiger partial charge in [0.2, 0.25) is 0 Å². The second-order valence-electron chi connectivity index (χ2n) is 4.72. The van der Waals surface area contributed by atoms with E-state index >= 15 is 0 Å². The smallest absolute Gasteiger partial charge is 0.392 e. The fourth-order valence-corrected chi connectivity index (χ4v) is 2.43. The number of alkyl halides is 3. The van der Waals surface area contributed by atoms with Gasteiger partial charge in [-0.25, -0.2) is 0 Å². The summed E-state index contributed by atoms with van der Waals surface area (Å²) >= 11 is 0. The van der Waals surface area contributed by atoms with Crippen LogP contribution in [-0.4, -0.2) is 19.3 Å². The maximum Gasteiger partial charge on any atom is 0.392 e. The average molecular weight is 273 g/mol. The van der Waals surface area contributed by atoms with Crippen LogP contribution in [0.15, 0.2) is 18.2 Å². The lowest BCUT2D eigenvalue weighted by Crippen LogP contribution is -2.18. The lowest BCUT2D eigenvalue weighted by molar-refractivity contribution is -0.139. The zero-order chi connectivity index (χ0) is 13.9. The highest BCUT2D eigenvalue weighted by atomic mass is 19.4. The molecule has 106 valence electrons. The SMILES string of the molecule is CCNC1CCc2cc(OCCC(F)(F)F)ccc21. The van der Waals surface area contributed by atoms with Crippen LogP contribution in [0.5, 0.6) is 5.75 Å². The number of nitrogens with one attached hydrogen (secondary N) is 1. The highest BCUT2D eigenvalue weighted by molar-refractivity contribution is 5.40. The summed E-state index contributed by atoms with van der Waals surface area (Å²) in [7, 11) is 0. The third-order valence-corrected chi connectivity index (χ3v) is 3.30. The monoisotopic (exact) mass is 273 g/mol. The number of rotatable bonds is 5. The van der Waals surface area contributed by atoms with E-state index in [1.807, 2.05) is 12.1 Å². The van der Waals surface area contributed by atoms with Gasteiger partial charge in [0, 0.05) is 6.04 Å². The van der Waals surface area contributed by atoms with Crippen LogP contribution in [0.3, 0.4) is 0 Å². The molecule has 0 fully saturated rings. The van der Waals surface area contributed by atoms with E-state index in [1.165, 1.54) is 11.1 Å². The molecule has 0 heterocycles. The Hall–Kier alpha value is -1.23. The summed E-state index contributed by atoms with van der Waals surface area (Å²) in [5.74, 6) is 0.528. The van der Waals surface area contributed by atoms with E-state index in [-0.39, 0.29) is 6.61 Å². The van der Waals surface area contributed by atoms with Crippen molar-refractivity contribution in [2.75, 3.05) is 13.2 Å². The highest BCUT2D eigenvalue weighted by Gasteiger charge is 2.27. The number of ether oxygens (including phenoxy) is 1. The molecule has 1 unspecified atom stereocenters. The van der Waals surface area contributed by atoms with Crippen LogP contribution in [0, 0.1) is 0 Å². The predicted molar refractivity (Wildman–Crippen MR) is 67.3 cm³/mol. The van der Waals surface area contributed by atoms with Crippen molar-refractivity contribution < 1.29 is 17.9 Å². The Labute approximate surface area is 111 Å². The third-order valence-electron chi connectivity index (χ3n) is 3.30. The minimum absolute atomic E-state index is 0.321. The van der Waals surface area contributed by atoms with E-state index in [1.54, 1.807) is 6.07 Å². The first-order valence-electron chi connectivity index (χ1n) is 6.55. The van der Waals surface area contributed by atoms with Gasteiger partial charge >= 0.3 is 6.18 Å². The lowest BCUT2D eigenvalue weighted by atomic mass is 10.1. The Kier molecular flexibility index (Phi) is 4.34. The van der Waals surface area contributed by atoms with Crippen molar-refractivity contribution in [3.8, 4) is 5.75 Å². The number of hydrogen-bond acceptors (Lipinski definition) is 2. The molecule has 0 saturated heterocycles. The molecule has 1 aromatic carbocycles. The quantitative estimate of drug-likeness (QED) is 0.884. The molecule has 0 aliphatic heterocycles. The zero-order valence-corrected chi connectivity index (χ0v) is 10.9. The molecule has 1 atom stereocenters. The summed E-state index contributed by atoms with van der Waals surface area (Å²) in [4.78, 5) is 0. The van der Waals surface area contributed by atoms with Gasteiger partial charge in [-0.15, -0.1) is 0 Å². The zero-order valence-electron chi connectivity index (χ0n) is 10.9. The summed E-state index contributed by atoms with van der Waals surface area (Å²) in [5.41, 5.74) is 2.42. The number of fused-ring (bicyclic) bond motifs is 1.